The number of hydrogen-bond acceptors (Lipinski definition) is 23. The van der Waals surface area contributed by atoms with Gasteiger partial charge in [0.2, 0.25) is 43.7 Å². The molecule has 0 saturated carbocycles. The topological polar surface area (TPSA) is 361 Å². The average Bonchev–Trinajstić information content (AvgIpc) is 2.13. The van der Waals surface area contributed by atoms with Crippen LogP contribution in [0.1, 0.15) is 61.4 Å². The number of para-hydroxylation sites is 2. The SMILES string of the molecule is CC.CC(=O)O.CC(=O)O.COc1ncc(-c2nc(N3CCOCC3)nc3c(CN4CCC(C(C)(C)O)CC4)cccc23)cc1NS(C)(=O)=O.COc1ncc(-c2nc(N3CCOCC3)nc3c(Cl)cccc23)cc1NS(C)(=O)=O.O=CO[O-].[Cs+].[Cs+].[H-].[Pd]. The van der Waals surface area contributed by atoms with E-state index in [1.54, 1.807) is 30.6 Å². The number of carboxylic acids is 2. The fraction of sp³-hybridized carbons (Fsp3) is 0.463. The number of benzene rings is 2. The summed E-state index contributed by atoms with van der Waals surface area (Å²) >= 11 is 6.43. The van der Waals surface area contributed by atoms with Crippen LogP contribution in [0.15, 0.2) is 60.9 Å². The minimum absolute atomic E-state index is 0. The Bertz CT molecular complexity index is 3390. The number of methoxy groups -OCH3 is 2. The molecule has 6 aromatic rings. The third-order valence-electron chi connectivity index (χ3n) is 12.3. The summed E-state index contributed by atoms with van der Waals surface area (Å²) in [6.45, 7) is 17.4. The number of aromatic nitrogens is 6. The molecule has 0 bridgehead atoms. The summed E-state index contributed by atoms with van der Waals surface area (Å²) in [6.07, 6.45) is 7.27. The van der Waals surface area contributed by atoms with Gasteiger partial charge < -0.3 is 55.6 Å². The molecule has 0 radical (unpaired) electrons. The van der Waals surface area contributed by atoms with E-state index in [1.165, 1.54) is 14.2 Å². The molecule has 0 spiro atoms. The number of aliphatic carboxylic acids is 2. The van der Waals surface area contributed by atoms with E-state index < -0.39 is 37.6 Å². The van der Waals surface area contributed by atoms with Gasteiger partial charge in [-0.1, -0.05) is 55.8 Å². The van der Waals surface area contributed by atoms with Crippen LogP contribution in [0.5, 0.6) is 11.8 Å². The number of aliphatic hydroxyl groups is 1. The first-order valence-electron chi connectivity index (χ1n) is 26.3. The maximum atomic E-state index is 12.0. The van der Waals surface area contributed by atoms with E-state index in [1.807, 2.05) is 56.9 Å². The molecule has 0 aliphatic carbocycles. The minimum Gasteiger partial charge on any atom is -1.00 e. The molecule has 9 rings (SSSR count). The summed E-state index contributed by atoms with van der Waals surface area (Å²) in [5.41, 5.74) is 4.86. The van der Waals surface area contributed by atoms with Crippen molar-refractivity contribution in [2.75, 3.05) is 112 Å². The summed E-state index contributed by atoms with van der Waals surface area (Å²) in [6, 6.07) is 14.9. The zero-order chi connectivity index (χ0) is 62.4. The number of pyridine rings is 2. The first kappa shape index (κ1) is 82.4. The van der Waals surface area contributed by atoms with Crippen LogP contribution in [0.25, 0.3) is 44.3 Å². The van der Waals surface area contributed by atoms with Gasteiger partial charge in [0, 0.05) is 101 Å². The van der Waals surface area contributed by atoms with E-state index >= 15 is 0 Å². The quantitative estimate of drug-likeness (QED) is 0.0386. The number of hydrogen-bond donors (Lipinski definition) is 5. The number of ether oxygens (including phenoxy) is 4. The predicted octanol–water partition coefficient (Wildman–Crippen LogP) is -0.786. The van der Waals surface area contributed by atoms with Gasteiger partial charge in [0.25, 0.3) is 18.4 Å². The minimum atomic E-state index is -3.56. The zero-order valence-corrected chi connectivity index (χ0v) is 67.3. The first-order chi connectivity index (χ1) is 39.7. The fourth-order valence-electron chi connectivity index (χ4n) is 8.76. The van der Waals surface area contributed by atoms with Gasteiger partial charge in [0.15, 0.2) is 0 Å². The Hall–Kier alpha value is -2.61. The first-order valence-corrected chi connectivity index (χ1v) is 30.4. The van der Waals surface area contributed by atoms with Crippen LogP contribution in [-0.2, 0) is 75.8 Å². The molecule has 3 aliphatic rings. The monoisotopic (exact) mass is 1600 g/mol. The molecule has 87 heavy (non-hydrogen) atoms. The van der Waals surface area contributed by atoms with Gasteiger partial charge >= 0.3 is 138 Å². The number of nitrogens with one attached hydrogen (secondary N) is 2. The molecule has 2 aromatic carbocycles. The number of sulfonamides is 2. The van der Waals surface area contributed by atoms with Gasteiger partial charge in [-0.2, -0.15) is 0 Å². The molecule has 33 heteroatoms. The molecule has 27 nitrogen and oxygen atoms in total. The van der Waals surface area contributed by atoms with E-state index in [4.69, 9.17) is 75.4 Å². The van der Waals surface area contributed by atoms with Crippen molar-refractivity contribution < 1.29 is 235 Å². The third kappa shape index (κ3) is 27.2. The Morgan fingerprint density at radius 1 is 0.736 bits per heavy atom. The number of rotatable bonds is 14. The smallest absolute Gasteiger partial charge is 1.00 e. The standard InChI is InChI=1S/C28H38N6O5S.C19H20ClN5O4S.2C2H4O2.C2H6.CH2O3.2Cs.Pd.H/c1-28(2,35)21-8-10-33(11-9-21)18-19-6-5-7-22-24(19)30-27(34-12-14-39-15-13-34)31-25(22)20-16-23(32-40(4,36)37)26(38-3)29-17-20;1-28-18-15(24-30(2,26)27)10-12(11-21-18)16-13-4-3-5-14(20)17(13)23-19(22-16)25-6-8-29-9-7-25;2*1-2(3)4;1-2;2-1-4-3;;;;/h5-7,16-17,21,32,35H,8-15,18H2,1-4H3;3-5,10-11,24H,6-9H2,1-2H3;2*1H3,(H,3,4);1-2H3;1,3H;;;;/q;;;;;;2*+1;;-1/p-1. The number of anilines is 4. The molecule has 0 atom stereocenters. The number of carbonyl (C=O) groups is 3. The second-order valence-corrected chi connectivity index (χ2v) is 23.0. The Labute approximate surface area is 645 Å². The maximum Gasteiger partial charge on any atom is 1.00 e. The van der Waals surface area contributed by atoms with Gasteiger partial charge in [-0.15, -0.1) is 0 Å². The summed E-state index contributed by atoms with van der Waals surface area (Å²) in [4.78, 5) is 63.9. The van der Waals surface area contributed by atoms with Crippen molar-refractivity contribution >= 4 is 95.1 Å². The Balaban J connectivity index is 0.00000140. The second kappa shape index (κ2) is 40.4. The number of carboxylic acid groups (broad SMARTS) is 2. The van der Waals surface area contributed by atoms with Crippen molar-refractivity contribution in [2.24, 2.45) is 5.92 Å². The molecule has 3 saturated heterocycles. The van der Waals surface area contributed by atoms with Crippen molar-refractivity contribution in [1.29, 1.82) is 0 Å². The summed E-state index contributed by atoms with van der Waals surface area (Å²) in [7, 11) is -4.22. The Morgan fingerprint density at radius 2 is 1.11 bits per heavy atom. The maximum absolute atomic E-state index is 12.0. The Morgan fingerprint density at radius 3 is 1.48 bits per heavy atom. The second-order valence-electron chi connectivity index (χ2n) is 19.1. The fourth-order valence-corrected chi connectivity index (χ4v) is 10.1. The number of nitrogens with zero attached hydrogens (tertiary/aromatic N) is 9. The summed E-state index contributed by atoms with van der Waals surface area (Å²) in [5, 5.41) is 35.8. The van der Waals surface area contributed by atoms with Gasteiger partial charge in [0.1, 0.15) is 11.4 Å². The van der Waals surface area contributed by atoms with Crippen LogP contribution in [0, 0.1) is 5.92 Å². The normalized spacial score (nSPS) is 14.1. The van der Waals surface area contributed by atoms with E-state index in [2.05, 4.69) is 45.1 Å². The third-order valence-corrected chi connectivity index (χ3v) is 13.8. The molecule has 4 aromatic heterocycles. The van der Waals surface area contributed by atoms with Gasteiger partial charge in [-0.05, 0) is 69.5 Å². The van der Waals surface area contributed by atoms with Gasteiger partial charge in [-0.3, -0.25) is 28.7 Å². The zero-order valence-electron chi connectivity index (χ0n) is 51.8. The molecule has 3 fully saturated rings. The van der Waals surface area contributed by atoms with Gasteiger partial charge in [-0.25, -0.2) is 46.7 Å². The average molecular weight is 1610 g/mol. The van der Waals surface area contributed by atoms with Gasteiger partial charge in [0.05, 0.1) is 86.2 Å². The molecule has 3 aliphatic heterocycles. The van der Waals surface area contributed by atoms with Crippen molar-refractivity contribution in [3.8, 4) is 34.3 Å². The molecule has 0 unspecified atom stereocenters. The number of morpholine rings is 2. The van der Waals surface area contributed by atoms with Crippen molar-refractivity contribution in [2.45, 2.75) is 66.5 Å². The van der Waals surface area contributed by atoms with E-state index in [9.17, 15) is 21.9 Å². The molecule has 5 N–H and O–H groups in total. The molecular formula is C54H74ClCs2N11O16PdS2. The van der Waals surface area contributed by atoms with Crippen LogP contribution in [-0.4, -0.2) is 183 Å². The van der Waals surface area contributed by atoms with E-state index in [0.29, 0.717) is 97.6 Å². The van der Waals surface area contributed by atoms with Crippen molar-refractivity contribution in [1.82, 2.24) is 34.8 Å². The van der Waals surface area contributed by atoms with Crippen molar-refractivity contribution in [3.05, 3.63) is 71.5 Å². The van der Waals surface area contributed by atoms with Crippen LogP contribution in [0.2, 0.25) is 5.02 Å². The summed E-state index contributed by atoms with van der Waals surface area (Å²) in [5.74, 6) is 0.0928. The molecule has 472 valence electrons. The van der Waals surface area contributed by atoms with Crippen LogP contribution in [0.3, 0.4) is 0 Å². The van der Waals surface area contributed by atoms with Crippen LogP contribution >= 0.6 is 11.6 Å². The predicted molar refractivity (Wildman–Crippen MR) is 317 cm³/mol. The number of halogens is 1. The van der Waals surface area contributed by atoms with Crippen LogP contribution in [0.4, 0.5) is 23.3 Å². The Kier molecular flexibility index (Phi) is 38.2. The summed E-state index contributed by atoms with van der Waals surface area (Å²) < 4.78 is 74.1. The van der Waals surface area contributed by atoms with Crippen LogP contribution < -0.4 is 172 Å². The van der Waals surface area contributed by atoms with Crippen molar-refractivity contribution in [3.63, 3.8) is 0 Å². The number of fused-ring (bicyclic) bond motifs is 2. The molecular weight excluding hydrogens is 1530 g/mol. The molecule has 7 heterocycles. The largest absolute Gasteiger partial charge is 1.00 e. The number of carbonyl (C=O) groups excluding carboxylic acids is 1. The van der Waals surface area contributed by atoms with E-state index in [0.717, 1.165) is 80.7 Å². The number of piperidine rings is 1. The van der Waals surface area contributed by atoms with E-state index in [-0.39, 0.29) is 195 Å². The number of likely N-dealkylation sites (tertiary alicyclic amines) is 1. The molecule has 0 amide bonds.